The minimum absolute atomic E-state index is 0.245. The van der Waals surface area contributed by atoms with Gasteiger partial charge in [-0.3, -0.25) is 4.79 Å². The number of nitrogens with zero attached hydrogens (tertiary/aromatic N) is 1. The van der Waals surface area contributed by atoms with Crippen LogP contribution in [0.3, 0.4) is 0 Å². The standard InChI is InChI=1S/C17H21NO4/c1-5-6-9-22-15(19)12(3)17(21)13-10-11(2)7-8-14(13)18(4)16(17)20/h7-8,10,21H,3,5-6,9H2,1-2,4H3. The third-order valence-electron chi connectivity index (χ3n) is 3.93. The first-order valence-electron chi connectivity index (χ1n) is 7.32. The quantitative estimate of drug-likeness (QED) is 0.513. The van der Waals surface area contributed by atoms with Crippen LogP contribution in [-0.2, 0) is 19.9 Å². The Kier molecular flexibility index (Phi) is 4.37. The van der Waals surface area contributed by atoms with Crippen molar-refractivity contribution >= 4 is 17.6 Å². The molecule has 2 rings (SSSR count). The molecule has 0 fully saturated rings. The molecule has 1 heterocycles. The molecule has 0 aliphatic carbocycles. The van der Waals surface area contributed by atoms with Crippen LogP contribution >= 0.6 is 0 Å². The van der Waals surface area contributed by atoms with Gasteiger partial charge in [0.05, 0.1) is 17.9 Å². The van der Waals surface area contributed by atoms with E-state index in [1.54, 1.807) is 19.2 Å². The molecule has 0 saturated heterocycles. The lowest BCUT2D eigenvalue weighted by Crippen LogP contribution is -2.42. The number of benzene rings is 1. The van der Waals surface area contributed by atoms with Crippen molar-refractivity contribution in [2.45, 2.75) is 32.3 Å². The molecule has 1 unspecified atom stereocenters. The molecule has 1 aliphatic rings. The number of hydrogen-bond donors (Lipinski definition) is 1. The number of esters is 1. The first-order chi connectivity index (χ1) is 10.3. The van der Waals surface area contributed by atoms with Gasteiger partial charge in [-0.25, -0.2) is 4.79 Å². The summed E-state index contributed by atoms with van der Waals surface area (Å²) in [6.45, 7) is 7.70. The molecule has 0 aromatic heterocycles. The smallest absolute Gasteiger partial charge is 0.337 e. The predicted molar refractivity (Wildman–Crippen MR) is 83.5 cm³/mol. The molecule has 0 radical (unpaired) electrons. The Morgan fingerprint density at radius 3 is 2.77 bits per heavy atom. The van der Waals surface area contributed by atoms with Crippen LogP contribution in [0.25, 0.3) is 0 Å². The monoisotopic (exact) mass is 303 g/mol. The molecule has 5 heteroatoms. The van der Waals surface area contributed by atoms with Gasteiger partial charge in [-0.15, -0.1) is 0 Å². The largest absolute Gasteiger partial charge is 0.462 e. The van der Waals surface area contributed by atoms with Crippen molar-refractivity contribution in [3.8, 4) is 0 Å². The third-order valence-corrected chi connectivity index (χ3v) is 3.93. The van der Waals surface area contributed by atoms with Crippen LogP contribution < -0.4 is 4.90 Å². The highest BCUT2D eigenvalue weighted by molar-refractivity contribution is 6.13. The van der Waals surface area contributed by atoms with E-state index in [2.05, 4.69) is 6.58 Å². The first kappa shape index (κ1) is 16.2. The van der Waals surface area contributed by atoms with E-state index in [0.29, 0.717) is 11.3 Å². The zero-order valence-corrected chi connectivity index (χ0v) is 13.2. The Balaban J connectivity index is 2.37. The average molecular weight is 303 g/mol. The zero-order valence-electron chi connectivity index (χ0n) is 13.2. The maximum Gasteiger partial charge on any atom is 0.337 e. The molecule has 5 nitrogen and oxygen atoms in total. The van der Waals surface area contributed by atoms with Crippen molar-refractivity contribution < 1.29 is 19.4 Å². The van der Waals surface area contributed by atoms with Crippen molar-refractivity contribution in [1.82, 2.24) is 0 Å². The summed E-state index contributed by atoms with van der Waals surface area (Å²) in [7, 11) is 1.56. The fraction of sp³-hybridized carbons (Fsp3) is 0.412. The van der Waals surface area contributed by atoms with Crippen LogP contribution in [0.4, 0.5) is 5.69 Å². The highest BCUT2D eigenvalue weighted by atomic mass is 16.5. The van der Waals surface area contributed by atoms with Gasteiger partial charge in [0.2, 0.25) is 5.60 Å². The van der Waals surface area contributed by atoms with E-state index in [1.165, 1.54) is 4.90 Å². The molecule has 1 atom stereocenters. The molecule has 1 aromatic rings. The summed E-state index contributed by atoms with van der Waals surface area (Å²) >= 11 is 0. The first-order valence-corrected chi connectivity index (χ1v) is 7.32. The maximum absolute atomic E-state index is 12.5. The van der Waals surface area contributed by atoms with Crippen molar-refractivity contribution in [2.24, 2.45) is 0 Å². The van der Waals surface area contributed by atoms with E-state index in [9.17, 15) is 14.7 Å². The van der Waals surface area contributed by atoms with Gasteiger partial charge >= 0.3 is 5.97 Å². The van der Waals surface area contributed by atoms with E-state index in [0.717, 1.165) is 18.4 Å². The lowest BCUT2D eigenvalue weighted by Gasteiger charge is -2.23. The van der Waals surface area contributed by atoms with E-state index in [1.807, 2.05) is 19.9 Å². The van der Waals surface area contributed by atoms with Gasteiger partial charge in [-0.2, -0.15) is 0 Å². The van der Waals surface area contributed by atoms with E-state index in [-0.39, 0.29) is 12.2 Å². The second kappa shape index (κ2) is 5.93. The number of ether oxygens (including phenoxy) is 1. The lowest BCUT2D eigenvalue weighted by atomic mass is 9.87. The highest BCUT2D eigenvalue weighted by Gasteiger charge is 2.53. The zero-order chi connectivity index (χ0) is 16.5. The predicted octanol–water partition coefficient (Wildman–Crippen LogP) is 2.06. The van der Waals surface area contributed by atoms with Crippen molar-refractivity contribution in [3.63, 3.8) is 0 Å². The number of aryl methyl sites for hydroxylation is 1. The van der Waals surface area contributed by atoms with Gasteiger partial charge in [0.1, 0.15) is 0 Å². The normalized spacial score (nSPS) is 20.0. The SMILES string of the molecule is C=C(C(=O)OCCCC)C1(O)C(=O)N(C)c2ccc(C)cc21. The Morgan fingerprint density at radius 1 is 1.45 bits per heavy atom. The van der Waals surface area contributed by atoms with Gasteiger partial charge < -0.3 is 14.7 Å². The highest BCUT2D eigenvalue weighted by Crippen LogP contribution is 2.44. The summed E-state index contributed by atoms with van der Waals surface area (Å²) < 4.78 is 5.08. The minimum atomic E-state index is -2.06. The number of anilines is 1. The summed E-state index contributed by atoms with van der Waals surface area (Å²) in [5.41, 5.74) is -0.477. The van der Waals surface area contributed by atoms with Crippen LogP contribution in [0.2, 0.25) is 0 Å². The second-order valence-electron chi connectivity index (χ2n) is 5.56. The number of rotatable bonds is 5. The fourth-order valence-electron chi connectivity index (χ4n) is 2.54. The van der Waals surface area contributed by atoms with Gasteiger partial charge in [-0.05, 0) is 19.4 Å². The van der Waals surface area contributed by atoms with E-state index in [4.69, 9.17) is 4.74 Å². The van der Waals surface area contributed by atoms with Crippen molar-refractivity contribution in [2.75, 3.05) is 18.6 Å². The lowest BCUT2D eigenvalue weighted by molar-refractivity contribution is -0.146. The number of carbonyl (C=O) groups is 2. The van der Waals surface area contributed by atoms with E-state index >= 15 is 0 Å². The van der Waals surface area contributed by atoms with Crippen LogP contribution in [0.15, 0.2) is 30.4 Å². The Bertz CT molecular complexity index is 638. The number of unbranched alkanes of at least 4 members (excludes halogenated alkanes) is 1. The second-order valence-corrected chi connectivity index (χ2v) is 5.56. The molecule has 0 spiro atoms. The van der Waals surface area contributed by atoms with Gasteiger partial charge in [-0.1, -0.05) is 37.6 Å². The number of hydrogen-bond acceptors (Lipinski definition) is 4. The van der Waals surface area contributed by atoms with E-state index < -0.39 is 17.5 Å². The van der Waals surface area contributed by atoms with Crippen molar-refractivity contribution in [1.29, 1.82) is 0 Å². The van der Waals surface area contributed by atoms with Gasteiger partial charge in [0.25, 0.3) is 5.91 Å². The Hall–Kier alpha value is -2.14. The topological polar surface area (TPSA) is 66.8 Å². The Morgan fingerprint density at radius 2 is 2.14 bits per heavy atom. The van der Waals surface area contributed by atoms with Crippen LogP contribution in [0.1, 0.15) is 30.9 Å². The third kappa shape index (κ3) is 2.41. The number of aliphatic hydroxyl groups is 1. The molecule has 1 aromatic carbocycles. The summed E-state index contributed by atoms with van der Waals surface area (Å²) in [6.07, 6.45) is 1.61. The number of amides is 1. The molecule has 118 valence electrons. The molecular formula is C17H21NO4. The van der Waals surface area contributed by atoms with Crippen LogP contribution in [0.5, 0.6) is 0 Å². The minimum Gasteiger partial charge on any atom is -0.462 e. The molecule has 0 saturated carbocycles. The summed E-state index contributed by atoms with van der Waals surface area (Å²) in [5, 5.41) is 10.9. The molecule has 22 heavy (non-hydrogen) atoms. The van der Waals surface area contributed by atoms with Gasteiger partial charge in [0.15, 0.2) is 0 Å². The van der Waals surface area contributed by atoms with Crippen molar-refractivity contribution in [3.05, 3.63) is 41.5 Å². The summed E-state index contributed by atoms with van der Waals surface area (Å²) in [5.74, 6) is -1.34. The summed E-state index contributed by atoms with van der Waals surface area (Å²) in [6, 6.07) is 5.29. The Labute approximate surface area is 130 Å². The number of likely N-dealkylation sites (N-methyl/N-ethyl adjacent to an activating group) is 1. The summed E-state index contributed by atoms with van der Waals surface area (Å²) in [4.78, 5) is 25.9. The molecule has 1 aliphatic heterocycles. The average Bonchev–Trinajstić information content (AvgIpc) is 2.69. The molecular weight excluding hydrogens is 282 g/mol. The van der Waals surface area contributed by atoms with Crippen LogP contribution in [0, 0.1) is 6.92 Å². The maximum atomic E-state index is 12.5. The molecule has 1 N–H and O–H groups in total. The molecule has 1 amide bonds. The fourth-order valence-corrected chi connectivity index (χ4v) is 2.54. The number of carbonyl (C=O) groups excluding carboxylic acids is 2. The van der Waals surface area contributed by atoms with Crippen LogP contribution in [-0.4, -0.2) is 30.6 Å². The van der Waals surface area contributed by atoms with Gasteiger partial charge in [0, 0.05) is 12.6 Å². The molecule has 0 bridgehead atoms. The number of fused-ring (bicyclic) bond motifs is 1.